The predicted molar refractivity (Wildman–Crippen MR) is 97.5 cm³/mol. The summed E-state index contributed by atoms with van der Waals surface area (Å²) in [4.78, 5) is 25.9. The van der Waals surface area contributed by atoms with Crippen LogP contribution in [0.15, 0.2) is 18.2 Å². The SMILES string of the molecule is C[C@H](OC(=O)/C=C/c1cc(Cl)c2c(c1)OCCCO2)C(=O)N1CCCC1. The Morgan fingerprint density at radius 1 is 1.19 bits per heavy atom. The van der Waals surface area contributed by atoms with Crippen LogP contribution in [-0.2, 0) is 14.3 Å². The number of fused-ring (bicyclic) bond motifs is 1. The molecule has 1 aromatic rings. The van der Waals surface area contributed by atoms with E-state index in [-0.39, 0.29) is 5.91 Å². The molecule has 0 unspecified atom stereocenters. The number of amides is 1. The van der Waals surface area contributed by atoms with Crippen LogP contribution in [0.25, 0.3) is 6.08 Å². The highest BCUT2D eigenvalue weighted by atomic mass is 35.5. The van der Waals surface area contributed by atoms with E-state index in [9.17, 15) is 9.59 Å². The third kappa shape index (κ3) is 4.49. The minimum atomic E-state index is -0.794. The molecule has 0 saturated carbocycles. The first kappa shape index (κ1) is 18.6. The van der Waals surface area contributed by atoms with Gasteiger partial charge in [-0.2, -0.15) is 0 Å². The van der Waals surface area contributed by atoms with Gasteiger partial charge < -0.3 is 19.1 Å². The summed E-state index contributed by atoms with van der Waals surface area (Å²) < 4.78 is 16.4. The summed E-state index contributed by atoms with van der Waals surface area (Å²) >= 11 is 6.23. The first-order chi connectivity index (χ1) is 12.5. The van der Waals surface area contributed by atoms with Gasteiger partial charge in [-0.3, -0.25) is 4.79 Å². The minimum Gasteiger partial charge on any atom is -0.489 e. The van der Waals surface area contributed by atoms with Crippen molar-refractivity contribution >= 4 is 29.6 Å². The average Bonchev–Trinajstić information content (AvgIpc) is 3.05. The number of esters is 1. The Morgan fingerprint density at radius 2 is 1.92 bits per heavy atom. The van der Waals surface area contributed by atoms with Crippen LogP contribution in [0.2, 0.25) is 5.02 Å². The van der Waals surface area contributed by atoms with Crippen molar-refractivity contribution in [3.63, 3.8) is 0 Å². The van der Waals surface area contributed by atoms with E-state index < -0.39 is 12.1 Å². The topological polar surface area (TPSA) is 65.1 Å². The molecule has 1 aromatic carbocycles. The summed E-state index contributed by atoms with van der Waals surface area (Å²) in [5, 5.41) is 0.426. The highest BCUT2D eigenvalue weighted by Gasteiger charge is 2.25. The molecular weight excluding hydrogens is 358 g/mol. The van der Waals surface area contributed by atoms with Gasteiger partial charge in [0.05, 0.1) is 18.2 Å². The zero-order valence-corrected chi connectivity index (χ0v) is 15.5. The average molecular weight is 380 g/mol. The number of rotatable bonds is 4. The number of benzene rings is 1. The van der Waals surface area contributed by atoms with Gasteiger partial charge in [0.2, 0.25) is 0 Å². The van der Waals surface area contributed by atoms with Crippen LogP contribution in [0, 0.1) is 0 Å². The number of carbonyl (C=O) groups excluding carboxylic acids is 2. The van der Waals surface area contributed by atoms with E-state index in [4.69, 9.17) is 25.8 Å². The maximum absolute atomic E-state index is 12.2. The van der Waals surface area contributed by atoms with Crippen LogP contribution in [-0.4, -0.2) is 49.2 Å². The normalized spacial score (nSPS) is 17.8. The molecule has 2 heterocycles. The number of hydrogen-bond acceptors (Lipinski definition) is 5. The Hall–Kier alpha value is -2.21. The first-order valence-corrected chi connectivity index (χ1v) is 9.19. The molecule has 0 radical (unpaired) electrons. The smallest absolute Gasteiger partial charge is 0.331 e. The third-order valence-electron chi connectivity index (χ3n) is 4.29. The molecule has 0 spiro atoms. The van der Waals surface area contributed by atoms with Gasteiger partial charge in [-0.1, -0.05) is 11.6 Å². The minimum absolute atomic E-state index is 0.150. The van der Waals surface area contributed by atoms with Gasteiger partial charge in [0.15, 0.2) is 17.6 Å². The summed E-state index contributed by atoms with van der Waals surface area (Å²) in [5.41, 5.74) is 0.690. The Balaban J connectivity index is 1.62. The van der Waals surface area contributed by atoms with E-state index in [0.717, 1.165) is 32.4 Å². The van der Waals surface area contributed by atoms with Gasteiger partial charge in [-0.15, -0.1) is 0 Å². The lowest BCUT2D eigenvalue weighted by molar-refractivity contribution is -0.154. The number of ether oxygens (including phenoxy) is 3. The molecule has 7 heteroatoms. The molecule has 0 aromatic heterocycles. The van der Waals surface area contributed by atoms with Crippen LogP contribution in [0.1, 0.15) is 31.7 Å². The molecule has 0 bridgehead atoms. The van der Waals surface area contributed by atoms with Crippen LogP contribution in [0.5, 0.6) is 11.5 Å². The summed E-state index contributed by atoms with van der Waals surface area (Å²) in [5.74, 6) is 0.352. The van der Waals surface area contributed by atoms with E-state index >= 15 is 0 Å². The largest absolute Gasteiger partial charge is 0.489 e. The van der Waals surface area contributed by atoms with Gasteiger partial charge >= 0.3 is 5.97 Å². The van der Waals surface area contributed by atoms with Crippen LogP contribution in [0.4, 0.5) is 0 Å². The lowest BCUT2D eigenvalue weighted by Gasteiger charge is -2.19. The summed E-state index contributed by atoms with van der Waals surface area (Å²) in [6.07, 6.45) is 4.84. The zero-order valence-electron chi connectivity index (χ0n) is 14.7. The molecule has 1 amide bonds. The zero-order chi connectivity index (χ0) is 18.5. The van der Waals surface area contributed by atoms with Crippen LogP contribution >= 0.6 is 11.6 Å². The lowest BCUT2D eigenvalue weighted by atomic mass is 10.2. The molecule has 140 valence electrons. The van der Waals surface area contributed by atoms with Gasteiger partial charge in [0, 0.05) is 25.6 Å². The summed E-state index contributed by atoms with van der Waals surface area (Å²) in [6.45, 7) is 4.15. The van der Waals surface area contributed by atoms with Crippen molar-refractivity contribution in [1.82, 2.24) is 4.90 Å². The van der Waals surface area contributed by atoms with E-state index in [1.165, 1.54) is 6.08 Å². The molecule has 26 heavy (non-hydrogen) atoms. The van der Waals surface area contributed by atoms with Gasteiger partial charge in [-0.25, -0.2) is 4.79 Å². The number of halogens is 1. The molecule has 2 aliphatic heterocycles. The van der Waals surface area contributed by atoms with E-state index in [1.807, 2.05) is 0 Å². The molecule has 1 fully saturated rings. The fourth-order valence-corrected chi connectivity index (χ4v) is 3.24. The van der Waals surface area contributed by atoms with Crippen molar-refractivity contribution in [2.24, 2.45) is 0 Å². The number of nitrogens with zero attached hydrogens (tertiary/aromatic N) is 1. The highest BCUT2D eigenvalue weighted by molar-refractivity contribution is 6.32. The molecule has 2 aliphatic rings. The second-order valence-electron chi connectivity index (χ2n) is 6.33. The quantitative estimate of drug-likeness (QED) is 0.594. The van der Waals surface area contributed by atoms with Crippen molar-refractivity contribution in [3.8, 4) is 11.5 Å². The standard InChI is InChI=1S/C19H22ClNO5/c1-13(19(23)21-7-2-3-8-21)26-17(22)6-5-14-11-15(20)18-16(12-14)24-9-4-10-25-18/h5-6,11-13H,2-4,7-10H2,1H3/b6-5+/t13-/m0/s1. The van der Waals surface area contributed by atoms with E-state index in [0.29, 0.717) is 35.3 Å². The van der Waals surface area contributed by atoms with Gasteiger partial charge in [-0.05, 0) is 43.5 Å². The highest BCUT2D eigenvalue weighted by Crippen LogP contribution is 2.38. The number of likely N-dealkylation sites (tertiary alicyclic amines) is 1. The van der Waals surface area contributed by atoms with Crippen molar-refractivity contribution in [2.75, 3.05) is 26.3 Å². The summed E-state index contributed by atoms with van der Waals surface area (Å²) in [7, 11) is 0. The van der Waals surface area contributed by atoms with Crippen molar-refractivity contribution < 1.29 is 23.8 Å². The monoisotopic (exact) mass is 379 g/mol. The van der Waals surface area contributed by atoms with E-state index in [2.05, 4.69) is 0 Å². The number of hydrogen-bond donors (Lipinski definition) is 0. The van der Waals surface area contributed by atoms with E-state index in [1.54, 1.807) is 30.0 Å². The van der Waals surface area contributed by atoms with Crippen molar-refractivity contribution in [3.05, 3.63) is 28.8 Å². The Kier molecular flexibility index (Phi) is 6.04. The van der Waals surface area contributed by atoms with Gasteiger partial charge in [0.1, 0.15) is 0 Å². The predicted octanol–water partition coefficient (Wildman–Crippen LogP) is 3.07. The van der Waals surface area contributed by atoms with Crippen molar-refractivity contribution in [1.29, 1.82) is 0 Å². The second kappa shape index (κ2) is 8.45. The Labute approximate surface area is 157 Å². The summed E-state index contributed by atoms with van der Waals surface area (Å²) in [6, 6.07) is 3.45. The fraction of sp³-hybridized carbons (Fsp3) is 0.474. The lowest BCUT2D eigenvalue weighted by Crippen LogP contribution is -2.37. The molecule has 6 nitrogen and oxygen atoms in total. The molecule has 1 saturated heterocycles. The maximum atomic E-state index is 12.2. The first-order valence-electron chi connectivity index (χ1n) is 8.81. The van der Waals surface area contributed by atoms with Gasteiger partial charge in [0.25, 0.3) is 5.91 Å². The Morgan fingerprint density at radius 3 is 2.69 bits per heavy atom. The maximum Gasteiger partial charge on any atom is 0.331 e. The third-order valence-corrected chi connectivity index (χ3v) is 4.58. The molecule has 0 aliphatic carbocycles. The molecular formula is C19H22ClNO5. The molecule has 0 N–H and O–H groups in total. The van der Waals surface area contributed by atoms with Crippen LogP contribution in [0.3, 0.4) is 0 Å². The second-order valence-corrected chi connectivity index (χ2v) is 6.73. The van der Waals surface area contributed by atoms with Crippen molar-refractivity contribution in [2.45, 2.75) is 32.3 Å². The molecule has 3 rings (SSSR count). The Bertz CT molecular complexity index is 712. The fourth-order valence-electron chi connectivity index (χ4n) is 2.97. The number of carbonyl (C=O) groups is 2. The van der Waals surface area contributed by atoms with Crippen LogP contribution < -0.4 is 9.47 Å². The molecule has 1 atom stereocenters.